The number of aromatic nitrogens is 2. The van der Waals surface area contributed by atoms with Crippen molar-refractivity contribution in [3.05, 3.63) is 77.1 Å². The van der Waals surface area contributed by atoms with Gasteiger partial charge in [-0.25, -0.2) is 9.37 Å². The molecule has 0 aliphatic carbocycles. The van der Waals surface area contributed by atoms with Crippen molar-refractivity contribution in [1.29, 1.82) is 0 Å². The summed E-state index contributed by atoms with van der Waals surface area (Å²) in [7, 11) is 1.57. The van der Waals surface area contributed by atoms with Gasteiger partial charge in [0.1, 0.15) is 18.1 Å². The molecule has 3 aromatic rings. The number of halogens is 1. The van der Waals surface area contributed by atoms with Crippen LogP contribution in [0.15, 0.2) is 65.7 Å². The fourth-order valence-corrected chi connectivity index (χ4v) is 2.39. The molecule has 0 fully saturated rings. The normalized spacial score (nSPS) is 10.4. The van der Waals surface area contributed by atoms with Gasteiger partial charge in [-0.15, -0.1) is 0 Å². The van der Waals surface area contributed by atoms with Gasteiger partial charge in [-0.1, -0.05) is 6.07 Å². The molecule has 1 heterocycles. The SMILES string of the molecule is COc1ccc(-c2cc(=O)n(CC(=O)Nc3cccc(F)c3)cn2)cc1. The second kappa shape index (κ2) is 7.60. The van der Waals surface area contributed by atoms with Crippen LogP contribution in [0.5, 0.6) is 5.75 Å². The minimum atomic E-state index is -0.453. The Balaban J connectivity index is 1.73. The average Bonchev–Trinajstić information content (AvgIpc) is 2.63. The van der Waals surface area contributed by atoms with E-state index < -0.39 is 11.7 Å². The van der Waals surface area contributed by atoms with Crippen molar-refractivity contribution in [1.82, 2.24) is 9.55 Å². The monoisotopic (exact) mass is 353 g/mol. The lowest BCUT2D eigenvalue weighted by Crippen LogP contribution is -2.27. The molecule has 6 nitrogen and oxygen atoms in total. The lowest BCUT2D eigenvalue weighted by Gasteiger charge is -2.08. The summed E-state index contributed by atoms with van der Waals surface area (Å²) in [4.78, 5) is 28.5. The van der Waals surface area contributed by atoms with Crippen LogP contribution in [0.2, 0.25) is 0 Å². The molecule has 26 heavy (non-hydrogen) atoms. The number of nitrogens with zero attached hydrogens (tertiary/aromatic N) is 2. The third-order valence-electron chi connectivity index (χ3n) is 3.69. The summed E-state index contributed by atoms with van der Waals surface area (Å²) in [6.45, 7) is -0.217. The molecule has 2 aromatic carbocycles. The fraction of sp³-hybridized carbons (Fsp3) is 0.105. The first kappa shape index (κ1) is 17.3. The largest absolute Gasteiger partial charge is 0.497 e. The first-order chi connectivity index (χ1) is 12.5. The van der Waals surface area contributed by atoms with Crippen LogP contribution in [-0.4, -0.2) is 22.6 Å². The second-order valence-electron chi connectivity index (χ2n) is 5.53. The maximum atomic E-state index is 13.1. The zero-order valence-corrected chi connectivity index (χ0v) is 14.0. The summed E-state index contributed by atoms with van der Waals surface area (Å²) in [6, 6.07) is 14.0. The highest BCUT2D eigenvalue weighted by molar-refractivity contribution is 5.90. The third-order valence-corrected chi connectivity index (χ3v) is 3.69. The number of carbonyl (C=O) groups is 1. The fourth-order valence-electron chi connectivity index (χ4n) is 2.39. The van der Waals surface area contributed by atoms with Crippen molar-refractivity contribution in [3.8, 4) is 17.0 Å². The predicted molar refractivity (Wildman–Crippen MR) is 95.5 cm³/mol. The average molecular weight is 353 g/mol. The minimum absolute atomic E-state index is 0.217. The number of anilines is 1. The molecule has 1 aromatic heterocycles. The molecule has 0 saturated heterocycles. The Kier molecular flexibility index (Phi) is 5.07. The maximum Gasteiger partial charge on any atom is 0.254 e. The molecule has 0 aliphatic rings. The van der Waals surface area contributed by atoms with Gasteiger partial charge in [0.25, 0.3) is 5.56 Å². The second-order valence-corrected chi connectivity index (χ2v) is 5.53. The summed E-state index contributed by atoms with van der Waals surface area (Å²) in [5.41, 5.74) is 1.23. The molecule has 0 radical (unpaired) electrons. The molecule has 0 unspecified atom stereocenters. The molecule has 7 heteroatoms. The standard InChI is InChI=1S/C19H16FN3O3/c1-26-16-7-5-13(6-8-16)17-10-19(25)23(12-21-17)11-18(24)22-15-4-2-3-14(20)9-15/h2-10,12H,11H2,1H3,(H,22,24). The van der Waals surface area contributed by atoms with E-state index in [-0.39, 0.29) is 12.1 Å². The van der Waals surface area contributed by atoms with E-state index in [1.54, 1.807) is 37.4 Å². The quantitative estimate of drug-likeness (QED) is 0.765. The number of methoxy groups -OCH3 is 1. The number of amides is 1. The van der Waals surface area contributed by atoms with Gasteiger partial charge in [-0.2, -0.15) is 0 Å². The summed E-state index contributed by atoms with van der Waals surface area (Å²) in [5, 5.41) is 2.54. The van der Waals surface area contributed by atoms with E-state index in [0.29, 0.717) is 17.1 Å². The number of ether oxygens (including phenoxy) is 1. The van der Waals surface area contributed by atoms with Crippen LogP contribution in [0.4, 0.5) is 10.1 Å². The number of hydrogen-bond donors (Lipinski definition) is 1. The van der Waals surface area contributed by atoms with Gasteiger partial charge in [-0.05, 0) is 42.5 Å². The maximum absolute atomic E-state index is 13.1. The van der Waals surface area contributed by atoms with Crippen LogP contribution in [-0.2, 0) is 11.3 Å². The first-order valence-electron chi connectivity index (χ1n) is 7.81. The number of carbonyl (C=O) groups excluding carboxylic acids is 1. The molecule has 1 N–H and O–H groups in total. The van der Waals surface area contributed by atoms with Gasteiger partial charge in [0, 0.05) is 17.3 Å². The van der Waals surface area contributed by atoms with E-state index in [9.17, 15) is 14.0 Å². The van der Waals surface area contributed by atoms with Gasteiger partial charge in [0.05, 0.1) is 19.1 Å². The molecule has 1 amide bonds. The summed E-state index contributed by atoms with van der Waals surface area (Å²) >= 11 is 0. The number of hydrogen-bond acceptors (Lipinski definition) is 4. The third kappa shape index (κ3) is 4.13. The van der Waals surface area contributed by atoms with Gasteiger partial charge >= 0.3 is 0 Å². The Bertz CT molecular complexity index is 984. The van der Waals surface area contributed by atoms with E-state index in [1.807, 2.05) is 0 Å². The van der Waals surface area contributed by atoms with E-state index in [4.69, 9.17) is 4.74 Å². The van der Waals surface area contributed by atoms with Crippen molar-refractivity contribution < 1.29 is 13.9 Å². The lowest BCUT2D eigenvalue weighted by molar-refractivity contribution is -0.116. The molecule has 0 atom stereocenters. The molecule has 132 valence electrons. The van der Waals surface area contributed by atoms with Gasteiger partial charge in [0.15, 0.2) is 0 Å². The first-order valence-corrected chi connectivity index (χ1v) is 7.81. The Labute approximate surface area is 148 Å². The minimum Gasteiger partial charge on any atom is -0.497 e. The predicted octanol–water partition coefficient (Wildman–Crippen LogP) is 2.70. The highest BCUT2D eigenvalue weighted by Gasteiger charge is 2.08. The van der Waals surface area contributed by atoms with Crippen LogP contribution < -0.4 is 15.6 Å². The number of rotatable bonds is 5. The summed E-state index contributed by atoms with van der Waals surface area (Å²) in [5.74, 6) is -0.196. The van der Waals surface area contributed by atoms with Crippen molar-refractivity contribution in [2.45, 2.75) is 6.54 Å². The zero-order valence-electron chi connectivity index (χ0n) is 14.0. The molecular formula is C19H16FN3O3. The highest BCUT2D eigenvalue weighted by atomic mass is 19.1. The summed E-state index contributed by atoms with van der Waals surface area (Å²) < 4.78 is 19.4. The van der Waals surface area contributed by atoms with Crippen molar-refractivity contribution in [2.75, 3.05) is 12.4 Å². The van der Waals surface area contributed by atoms with Gasteiger partial charge < -0.3 is 10.1 Å². The van der Waals surface area contributed by atoms with Crippen molar-refractivity contribution in [3.63, 3.8) is 0 Å². The summed E-state index contributed by atoms with van der Waals surface area (Å²) in [6.07, 6.45) is 1.31. The molecule has 0 bridgehead atoms. The zero-order chi connectivity index (χ0) is 18.5. The Morgan fingerprint density at radius 1 is 1.19 bits per heavy atom. The molecule has 3 rings (SSSR count). The topological polar surface area (TPSA) is 73.2 Å². The van der Waals surface area contributed by atoms with Crippen LogP contribution in [0, 0.1) is 5.82 Å². The lowest BCUT2D eigenvalue weighted by atomic mass is 10.1. The van der Waals surface area contributed by atoms with Crippen LogP contribution >= 0.6 is 0 Å². The van der Waals surface area contributed by atoms with Crippen molar-refractivity contribution >= 4 is 11.6 Å². The van der Waals surface area contributed by atoms with E-state index >= 15 is 0 Å². The highest BCUT2D eigenvalue weighted by Crippen LogP contribution is 2.19. The van der Waals surface area contributed by atoms with Crippen molar-refractivity contribution in [2.24, 2.45) is 0 Å². The van der Waals surface area contributed by atoms with Crippen LogP contribution in [0.25, 0.3) is 11.3 Å². The Morgan fingerprint density at radius 3 is 2.62 bits per heavy atom. The van der Waals surface area contributed by atoms with E-state index in [0.717, 1.165) is 5.56 Å². The van der Waals surface area contributed by atoms with Gasteiger partial charge in [-0.3, -0.25) is 14.2 Å². The van der Waals surface area contributed by atoms with E-state index in [2.05, 4.69) is 10.3 Å². The van der Waals surface area contributed by atoms with E-state index in [1.165, 1.54) is 35.2 Å². The number of benzene rings is 2. The van der Waals surface area contributed by atoms with Crippen LogP contribution in [0.1, 0.15) is 0 Å². The Hall–Kier alpha value is -3.48. The molecule has 0 spiro atoms. The number of nitrogens with one attached hydrogen (secondary N) is 1. The molecular weight excluding hydrogens is 337 g/mol. The molecule has 0 saturated carbocycles. The van der Waals surface area contributed by atoms with Gasteiger partial charge in [0.2, 0.25) is 5.91 Å². The molecule has 0 aliphatic heterocycles. The Morgan fingerprint density at radius 2 is 1.96 bits per heavy atom. The smallest absolute Gasteiger partial charge is 0.254 e. The van der Waals surface area contributed by atoms with Crippen LogP contribution in [0.3, 0.4) is 0 Å².